The molecule has 0 N–H and O–H groups in total. The number of thiazole rings is 1. The zero-order valence-corrected chi connectivity index (χ0v) is 11.9. The quantitative estimate of drug-likeness (QED) is 0.774. The van der Waals surface area contributed by atoms with Crippen LogP contribution in [-0.2, 0) is 12.3 Å². The third-order valence-corrected chi connectivity index (χ3v) is 4.58. The molecule has 1 aliphatic rings. The van der Waals surface area contributed by atoms with E-state index in [0.29, 0.717) is 5.88 Å². The van der Waals surface area contributed by atoms with E-state index in [9.17, 15) is 0 Å². The van der Waals surface area contributed by atoms with Gasteiger partial charge in [-0.1, -0.05) is 0 Å². The normalized spacial score (nSPS) is 14.7. The second-order valence-electron chi connectivity index (χ2n) is 4.65. The van der Waals surface area contributed by atoms with Crippen molar-refractivity contribution in [3.8, 4) is 10.6 Å². The van der Waals surface area contributed by atoms with Gasteiger partial charge >= 0.3 is 0 Å². The Morgan fingerprint density at radius 3 is 3.11 bits per heavy atom. The topological polar surface area (TPSA) is 16.1 Å². The highest BCUT2D eigenvalue weighted by Gasteiger charge is 2.15. The van der Waals surface area contributed by atoms with Crippen LogP contribution in [0.25, 0.3) is 10.6 Å². The van der Waals surface area contributed by atoms with Crippen molar-refractivity contribution in [2.45, 2.75) is 18.7 Å². The van der Waals surface area contributed by atoms with Gasteiger partial charge in [-0.25, -0.2) is 4.98 Å². The van der Waals surface area contributed by atoms with Crippen molar-refractivity contribution in [3.05, 3.63) is 34.8 Å². The van der Waals surface area contributed by atoms with Gasteiger partial charge in [0.1, 0.15) is 5.01 Å². The van der Waals surface area contributed by atoms with Gasteiger partial charge in [0, 0.05) is 30.2 Å². The molecular weight excluding hydrogens is 264 g/mol. The van der Waals surface area contributed by atoms with Crippen molar-refractivity contribution in [3.63, 3.8) is 0 Å². The van der Waals surface area contributed by atoms with E-state index in [1.165, 1.54) is 29.7 Å². The number of nitrogens with zero attached hydrogens (tertiary/aromatic N) is 2. The molecule has 0 fully saturated rings. The van der Waals surface area contributed by atoms with E-state index in [1.807, 2.05) is 5.38 Å². The maximum atomic E-state index is 5.80. The van der Waals surface area contributed by atoms with Crippen LogP contribution in [0.5, 0.6) is 0 Å². The van der Waals surface area contributed by atoms with Crippen LogP contribution in [0.15, 0.2) is 23.6 Å². The number of anilines is 1. The Morgan fingerprint density at radius 2 is 2.33 bits per heavy atom. The molecule has 4 heteroatoms. The molecule has 0 saturated heterocycles. The van der Waals surface area contributed by atoms with Crippen LogP contribution in [0.4, 0.5) is 5.69 Å². The molecule has 2 heterocycles. The molecule has 1 aromatic heterocycles. The van der Waals surface area contributed by atoms with Gasteiger partial charge in [-0.2, -0.15) is 0 Å². The molecule has 0 aliphatic carbocycles. The SMILES string of the molecule is CN1CCCc2cc(-c3nc(CCl)cs3)ccc21. The maximum absolute atomic E-state index is 5.80. The fourth-order valence-electron chi connectivity index (χ4n) is 2.42. The van der Waals surface area contributed by atoms with Gasteiger partial charge in [0.05, 0.1) is 11.6 Å². The summed E-state index contributed by atoms with van der Waals surface area (Å²) in [7, 11) is 2.16. The standard InChI is InChI=1S/C14H15ClN2S/c1-17-6-2-3-10-7-11(4-5-13(10)17)14-16-12(8-15)9-18-14/h4-5,7,9H,2-3,6,8H2,1H3. The zero-order chi connectivity index (χ0) is 12.5. The Kier molecular flexibility index (Phi) is 3.27. The summed E-state index contributed by atoms with van der Waals surface area (Å²) in [4.78, 5) is 6.87. The van der Waals surface area contributed by atoms with Crippen molar-refractivity contribution >= 4 is 28.6 Å². The number of alkyl halides is 1. The summed E-state index contributed by atoms with van der Waals surface area (Å²) in [5.74, 6) is 0.490. The number of halogens is 1. The number of fused-ring (bicyclic) bond motifs is 1. The lowest BCUT2D eigenvalue weighted by Crippen LogP contribution is -2.24. The van der Waals surface area contributed by atoms with Crippen molar-refractivity contribution in [1.29, 1.82) is 0 Å². The number of rotatable bonds is 2. The summed E-state index contributed by atoms with van der Waals surface area (Å²) in [5, 5.41) is 3.11. The molecule has 0 bridgehead atoms. The van der Waals surface area contributed by atoms with Crippen molar-refractivity contribution in [2.75, 3.05) is 18.5 Å². The van der Waals surface area contributed by atoms with Crippen molar-refractivity contribution < 1.29 is 0 Å². The molecule has 2 aromatic rings. The highest BCUT2D eigenvalue weighted by molar-refractivity contribution is 7.13. The summed E-state index contributed by atoms with van der Waals surface area (Å²) in [6.45, 7) is 1.15. The minimum Gasteiger partial charge on any atom is -0.374 e. The lowest BCUT2D eigenvalue weighted by Gasteiger charge is -2.27. The Balaban J connectivity index is 1.99. The number of aromatic nitrogens is 1. The van der Waals surface area contributed by atoms with Crippen LogP contribution in [0.2, 0.25) is 0 Å². The fraction of sp³-hybridized carbons (Fsp3) is 0.357. The highest BCUT2D eigenvalue weighted by Crippen LogP contribution is 2.32. The van der Waals surface area contributed by atoms with Crippen molar-refractivity contribution in [2.24, 2.45) is 0 Å². The molecule has 0 spiro atoms. The molecule has 0 amide bonds. The fourth-order valence-corrected chi connectivity index (χ4v) is 3.46. The summed E-state index contributed by atoms with van der Waals surface area (Å²) in [6.07, 6.45) is 2.40. The molecule has 18 heavy (non-hydrogen) atoms. The monoisotopic (exact) mass is 278 g/mol. The minimum absolute atomic E-state index is 0.490. The molecular formula is C14H15ClN2S. The molecule has 2 nitrogen and oxygen atoms in total. The zero-order valence-electron chi connectivity index (χ0n) is 10.3. The van der Waals surface area contributed by atoms with E-state index in [2.05, 4.69) is 35.1 Å². The molecule has 94 valence electrons. The first kappa shape index (κ1) is 12.0. The molecule has 1 aromatic carbocycles. The lowest BCUT2D eigenvalue weighted by atomic mass is 10.00. The van der Waals surface area contributed by atoms with E-state index in [0.717, 1.165) is 17.2 Å². The Bertz CT molecular complexity index is 565. The van der Waals surface area contributed by atoms with Crippen LogP contribution in [0.3, 0.4) is 0 Å². The van der Waals surface area contributed by atoms with E-state index >= 15 is 0 Å². The molecule has 0 saturated carbocycles. The average Bonchev–Trinajstić information content (AvgIpc) is 2.87. The van der Waals surface area contributed by atoms with Gasteiger partial charge in [0.15, 0.2) is 0 Å². The van der Waals surface area contributed by atoms with E-state index in [4.69, 9.17) is 11.6 Å². The maximum Gasteiger partial charge on any atom is 0.123 e. The number of aryl methyl sites for hydroxylation is 1. The van der Waals surface area contributed by atoms with Crippen LogP contribution >= 0.6 is 22.9 Å². The van der Waals surface area contributed by atoms with Gasteiger partial charge in [0.2, 0.25) is 0 Å². The van der Waals surface area contributed by atoms with Crippen LogP contribution in [0.1, 0.15) is 17.7 Å². The van der Waals surface area contributed by atoms with Gasteiger partial charge in [-0.05, 0) is 36.6 Å². The summed E-state index contributed by atoms with van der Waals surface area (Å²) < 4.78 is 0. The Hall–Kier alpha value is -1.06. The first-order valence-corrected chi connectivity index (χ1v) is 7.54. The van der Waals surface area contributed by atoms with E-state index in [-0.39, 0.29) is 0 Å². The number of hydrogen-bond acceptors (Lipinski definition) is 3. The summed E-state index contributed by atoms with van der Waals surface area (Å²) in [6, 6.07) is 6.66. The third kappa shape index (κ3) is 2.13. The number of hydrogen-bond donors (Lipinski definition) is 0. The third-order valence-electron chi connectivity index (χ3n) is 3.37. The van der Waals surface area contributed by atoms with Gasteiger partial charge in [-0.15, -0.1) is 22.9 Å². The average molecular weight is 279 g/mol. The largest absolute Gasteiger partial charge is 0.374 e. The lowest BCUT2D eigenvalue weighted by molar-refractivity contribution is 0.745. The molecule has 0 unspecified atom stereocenters. The van der Waals surface area contributed by atoms with E-state index in [1.54, 1.807) is 11.3 Å². The second kappa shape index (κ2) is 4.90. The van der Waals surface area contributed by atoms with Crippen molar-refractivity contribution in [1.82, 2.24) is 4.98 Å². The van der Waals surface area contributed by atoms with E-state index < -0.39 is 0 Å². The first-order chi connectivity index (χ1) is 8.78. The highest BCUT2D eigenvalue weighted by atomic mass is 35.5. The van der Waals surface area contributed by atoms with Crippen LogP contribution in [-0.4, -0.2) is 18.6 Å². The van der Waals surface area contributed by atoms with Gasteiger partial charge in [0.25, 0.3) is 0 Å². The van der Waals surface area contributed by atoms with Gasteiger partial charge < -0.3 is 4.90 Å². The van der Waals surface area contributed by atoms with Crippen LogP contribution in [0, 0.1) is 0 Å². The Labute approximate surface area is 116 Å². The summed E-state index contributed by atoms with van der Waals surface area (Å²) in [5.41, 5.74) is 4.97. The smallest absolute Gasteiger partial charge is 0.123 e. The summed E-state index contributed by atoms with van der Waals surface area (Å²) >= 11 is 7.47. The molecule has 0 radical (unpaired) electrons. The minimum atomic E-state index is 0.490. The predicted molar refractivity (Wildman–Crippen MR) is 78.7 cm³/mol. The first-order valence-electron chi connectivity index (χ1n) is 6.13. The number of benzene rings is 1. The Morgan fingerprint density at radius 1 is 1.44 bits per heavy atom. The molecule has 0 atom stereocenters. The predicted octanol–water partition coefficient (Wildman–Crippen LogP) is 3.93. The molecule has 1 aliphatic heterocycles. The van der Waals surface area contributed by atoms with Gasteiger partial charge in [-0.3, -0.25) is 0 Å². The molecule has 3 rings (SSSR count). The second-order valence-corrected chi connectivity index (χ2v) is 5.77. The van der Waals surface area contributed by atoms with Crippen LogP contribution < -0.4 is 4.90 Å².